The first-order valence-electron chi connectivity index (χ1n) is 5.77. The van der Waals surface area contributed by atoms with Crippen LogP contribution in [-0.4, -0.2) is 29.9 Å². The Labute approximate surface area is 89.4 Å². The van der Waals surface area contributed by atoms with Crippen LogP contribution in [0.25, 0.3) is 0 Å². The Kier molecular flexibility index (Phi) is 2.46. The van der Waals surface area contributed by atoms with E-state index in [-0.39, 0.29) is 0 Å². The van der Waals surface area contributed by atoms with E-state index >= 15 is 0 Å². The Morgan fingerprint density at radius 1 is 1.47 bits per heavy atom. The minimum Gasteiger partial charge on any atom is -0.376 e. The van der Waals surface area contributed by atoms with Gasteiger partial charge in [0, 0.05) is 17.7 Å². The zero-order valence-corrected chi connectivity index (χ0v) is 8.88. The third-order valence-corrected chi connectivity index (χ3v) is 3.43. The standard InChI is InChI=1S/C11H17N3O/c1-3-12-6-8(1)5-11-9-7-15-4-2-10(9)13-14-11/h8,12H,1-7H2,(H,13,14). The minimum atomic E-state index is 0.751. The zero-order valence-electron chi connectivity index (χ0n) is 8.88. The summed E-state index contributed by atoms with van der Waals surface area (Å²) in [4.78, 5) is 0. The van der Waals surface area contributed by atoms with Gasteiger partial charge in [0.05, 0.1) is 18.9 Å². The van der Waals surface area contributed by atoms with E-state index in [1.807, 2.05) is 0 Å². The van der Waals surface area contributed by atoms with Crippen LogP contribution < -0.4 is 5.32 Å². The molecule has 1 unspecified atom stereocenters. The molecule has 4 heteroatoms. The number of hydrogen-bond acceptors (Lipinski definition) is 3. The third-order valence-electron chi connectivity index (χ3n) is 3.43. The second-order valence-electron chi connectivity index (χ2n) is 4.49. The highest BCUT2D eigenvalue weighted by molar-refractivity contribution is 5.26. The highest BCUT2D eigenvalue weighted by atomic mass is 16.5. The molecule has 3 heterocycles. The predicted octanol–water partition coefficient (Wildman–Crippen LogP) is 0.634. The molecule has 1 saturated heterocycles. The minimum absolute atomic E-state index is 0.751. The van der Waals surface area contributed by atoms with Gasteiger partial charge in [-0.3, -0.25) is 5.10 Å². The van der Waals surface area contributed by atoms with Gasteiger partial charge in [0.15, 0.2) is 0 Å². The summed E-state index contributed by atoms with van der Waals surface area (Å²) in [6.07, 6.45) is 3.37. The fraction of sp³-hybridized carbons (Fsp3) is 0.727. The van der Waals surface area contributed by atoms with Gasteiger partial charge in [0.2, 0.25) is 0 Å². The average molecular weight is 207 g/mol. The molecule has 4 nitrogen and oxygen atoms in total. The van der Waals surface area contributed by atoms with E-state index in [1.54, 1.807) is 0 Å². The molecule has 2 aliphatic heterocycles. The lowest BCUT2D eigenvalue weighted by Gasteiger charge is -2.13. The van der Waals surface area contributed by atoms with Crippen molar-refractivity contribution in [2.24, 2.45) is 5.92 Å². The summed E-state index contributed by atoms with van der Waals surface area (Å²) in [5.74, 6) is 0.763. The van der Waals surface area contributed by atoms with E-state index in [9.17, 15) is 0 Å². The number of nitrogens with zero attached hydrogens (tertiary/aromatic N) is 1. The topological polar surface area (TPSA) is 49.9 Å². The summed E-state index contributed by atoms with van der Waals surface area (Å²) < 4.78 is 5.48. The molecular formula is C11H17N3O. The van der Waals surface area contributed by atoms with Gasteiger partial charge in [-0.2, -0.15) is 5.10 Å². The lowest BCUT2D eigenvalue weighted by atomic mass is 9.98. The predicted molar refractivity (Wildman–Crippen MR) is 56.6 cm³/mol. The molecule has 0 saturated carbocycles. The van der Waals surface area contributed by atoms with Crippen molar-refractivity contribution in [2.45, 2.75) is 25.9 Å². The third kappa shape index (κ3) is 1.79. The van der Waals surface area contributed by atoms with Gasteiger partial charge in [-0.25, -0.2) is 0 Å². The second-order valence-corrected chi connectivity index (χ2v) is 4.49. The van der Waals surface area contributed by atoms with Crippen LogP contribution in [0, 0.1) is 5.92 Å². The fourth-order valence-corrected chi connectivity index (χ4v) is 2.50. The molecule has 0 radical (unpaired) electrons. The van der Waals surface area contributed by atoms with E-state index in [2.05, 4.69) is 15.5 Å². The normalized spacial score (nSPS) is 25.5. The molecule has 1 aromatic rings. The summed E-state index contributed by atoms with van der Waals surface area (Å²) in [7, 11) is 0. The quantitative estimate of drug-likeness (QED) is 0.748. The largest absolute Gasteiger partial charge is 0.376 e. The fourth-order valence-electron chi connectivity index (χ4n) is 2.50. The van der Waals surface area contributed by atoms with Gasteiger partial charge in [-0.05, 0) is 31.8 Å². The SMILES string of the molecule is C1CC(Cc2n[nH]c3c2COCC3)CN1. The molecule has 1 aromatic heterocycles. The number of fused-ring (bicyclic) bond motifs is 1. The first-order valence-corrected chi connectivity index (χ1v) is 5.77. The van der Waals surface area contributed by atoms with Gasteiger partial charge < -0.3 is 10.1 Å². The molecule has 0 bridgehead atoms. The molecule has 15 heavy (non-hydrogen) atoms. The molecule has 0 amide bonds. The Morgan fingerprint density at radius 3 is 3.33 bits per heavy atom. The number of aromatic amines is 1. The molecule has 3 rings (SSSR count). The van der Waals surface area contributed by atoms with Crippen LogP contribution in [0.1, 0.15) is 23.4 Å². The highest BCUT2D eigenvalue weighted by Gasteiger charge is 2.21. The van der Waals surface area contributed by atoms with Crippen molar-refractivity contribution < 1.29 is 4.74 Å². The summed E-state index contributed by atoms with van der Waals surface area (Å²) in [6, 6.07) is 0. The van der Waals surface area contributed by atoms with Crippen molar-refractivity contribution in [2.75, 3.05) is 19.7 Å². The van der Waals surface area contributed by atoms with Gasteiger partial charge in [0.1, 0.15) is 0 Å². The number of ether oxygens (including phenoxy) is 1. The van der Waals surface area contributed by atoms with Crippen LogP contribution in [0.5, 0.6) is 0 Å². The van der Waals surface area contributed by atoms with Crippen molar-refractivity contribution in [3.8, 4) is 0 Å². The smallest absolute Gasteiger partial charge is 0.0753 e. The summed E-state index contributed by atoms with van der Waals surface area (Å²) in [5, 5.41) is 11.0. The number of hydrogen-bond donors (Lipinski definition) is 2. The maximum atomic E-state index is 5.48. The Balaban J connectivity index is 1.76. The van der Waals surface area contributed by atoms with Gasteiger partial charge in [-0.15, -0.1) is 0 Å². The number of nitrogens with one attached hydrogen (secondary N) is 2. The molecule has 2 aliphatic rings. The Morgan fingerprint density at radius 2 is 2.47 bits per heavy atom. The lowest BCUT2D eigenvalue weighted by molar-refractivity contribution is 0.109. The summed E-state index contributed by atoms with van der Waals surface area (Å²) in [6.45, 7) is 3.89. The maximum absolute atomic E-state index is 5.48. The van der Waals surface area contributed by atoms with E-state index in [0.29, 0.717) is 0 Å². The molecular weight excluding hydrogens is 190 g/mol. The van der Waals surface area contributed by atoms with Crippen molar-refractivity contribution in [3.63, 3.8) is 0 Å². The van der Waals surface area contributed by atoms with Crippen LogP contribution >= 0.6 is 0 Å². The van der Waals surface area contributed by atoms with Crippen molar-refractivity contribution >= 4 is 0 Å². The van der Waals surface area contributed by atoms with Crippen molar-refractivity contribution in [1.29, 1.82) is 0 Å². The Hall–Kier alpha value is -0.870. The van der Waals surface area contributed by atoms with Crippen LogP contribution in [-0.2, 0) is 24.2 Å². The second kappa shape index (κ2) is 3.94. The molecule has 0 spiro atoms. The van der Waals surface area contributed by atoms with E-state index in [0.717, 1.165) is 45.1 Å². The average Bonchev–Trinajstić information content (AvgIpc) is 2.89. The van der Waals surface area contributed by atoms with Crippen LogP contribution in [0.3, 0.4) is 0 Å². The van der Waals surface area contributed by atoms with Gasteiger partial charge >= 0.3 is 0 Å². The molecule has 1 fully saturated rings. The monoisotopic (exact) mass is 207 g/mol. The van der Waals surface area contributed by atoms with E-state index in [1.165, 1.54) is 23.4 Å². The molecule has 2 N–H and O–H groups in total. The first kappa shape index (κ1) is 9.36. The van der Waals surface area contributed by atoms with Gasteiger partial charge in [-0.1, -0.05) is 0 Å². The lowest BCUT2D eigenvalue weighted by Crippen LogP contribution is -2.13. The number of H-pyrrole nitrogens is 1. The molecule has 0 aliphatic carbocycles. The zero-order chi connectivity index (χ0) is 10.1. The summed E-state index contributed by atoms with van der Waals surface area (Å²) >= 11 is 0. The maximum Gasteiger partial charge on any atom is 0.0753 e. The summed E-state index contributed by atoms with van der Waals surface area (Å²) in [5.41, 5.74) is 3.86. The molecule has 0 aromatic carbocycles. The molecule has 1 atom stereocenters. The Bertz CT molecular complexity index is 342. The van der Waals surface area contributed by atoms with E-state index < -0.39 is 0 Å². The van der Waals surface area contributed by atoms with Crippen LogP contribution in [0.4, 0.5) is 0 Å². The van der Waals surface area contributed by atoms with Crippen molar-refractivity contribution in [3.05, 3.63) is 17.0 Å². The highest BCUT2D eigenvalue weighted by Crippen LogP contribution is 2.22. The van der Waals surface area contributed by atoms with Crippen LogP contribution in [0.2, 0.25) is 0 Å². The van der Waals surface area contributed by atoms with Crippen LogP contribution in [0.15, 0.2) is 0 Å². The van der Waals surface area contributed by atoms with E-state index in [4.69, 9.17) is 4.74 Å². The van der Waals surface area contributed by atoms with Gasteiger partial charge in [0.25, 0.3) is 0 Å². The molecule has 82 valence electrons. The first-order chi connectivity index (χ1) is 7.43. The number of rotatable bonds is 2. The number of aromatic nitrogens is 2. The van der Waals surface area contributed by atoms with Crippen molar-refractivity contribution in [1.82, 2.24) is 15.5 Å².